The number of nitro benzene ring substituents is 1. The molecule has 1 N–H and O–H groups in total. The van der Waals surface area contributed by atoms with Crippen molar-refractivity contribution in [2.45, 2.75) is 0 Å². The summed E-state index contributed by atoms with van der Waals surface area (Å²) in [6, 6.07) is 10.7. The van der Waals surface area contributed by atoms with Gasteiger partial charge in [-0.25, -0.2) is 4.63 Å². The second-order valence-electron chi connectivity index (χ2n) is 4.92. The van der Waals surface area contributed by atoms with Gasteiger partial charge in [0, 0.05) is 31.5 Å². The van der Waals surface area contributed by atoms with Gasteiger partial charge in [-0.1, -0.05) is 0 Å². The fourth-order valence-corrected chi connectivity index (χ4v) is 2.10. The molecule has 8 nitrogen and oxygen atoms in total. The van der Waals surface area contributed by atoms with Gasteiger partial charge in [0.25, 0.3) is 0 Å². The summed E-state index contributed by atoms with van der Waals surface area (Å²) < 4.78 is 4.63. The Morgan fingerprint density at radius 3 is 2.41 bits per heavy atom. The van der Waals surface area contributed by atoms with Crippen molar-refractivity contribution >= 4 is 33.8 Å². The first-order chi connectivity index (χ1) is 10.6. The first-order valence-electron chi connectivity index (χ1n) is 6.50. The molecule has 0 saturated heterocycles. The Balaban J connectivity index is 1.96. The predicted octanol–water partition coefficient (Wildman–Crippen LogP) is 2.94. The standard InChI is InChI=1S/C14H13N5O3/c1-18(2)10-5-3-9(4-6-10)15-11-7-8-12(19(20)21)14-13(11)16-22-17-14/h3-8,15H,1-2H3. The highest BCUT2D eigenvalue weighted by atomic mass is 16.6. The van der Waals surface area contributed by atoms with Crippen LogP contribution in [0.4, 0.5) is 22.7 Å². The van der Waals surface area contributed by atoms with E-state index >= 15 is 0 Å². The van der Waals surface area contributed by atoms with E-state index in [1.54, 1.807) is 6.07 Å². The molecule has 0 bridgehead atoms. The average molecular weight is 299 g/mol. The molecular weight excluding hydrogens is 286 g/mol. The largest absolute Gasteiger partial charge is 0.378 e. The van der Waals surface area contributed by atoms with Crippen LogP contribution in [0.2, 0.25) is 0 Å². The van der Waals surface area contributed by atoms with Crippen molar-refractivity contribution in [2.75, 3.05) is 24.3 Å². The Hall–Kier alpha value is -3.16. The van der Waals surface area contributed by atoms with Crippen LogP contribution in [0.25, 0.3) is 11.0 Å². The molecule has 0 spiro atoms. The van der Waals surface area contributed by atoms with Crippen LogP contribution in [0.1, 0.15) is 0 Å². The maximum atomic E-state index is 11.0. The van der Waals surface area contributed by atoms with Crippen molar-refractivity contribution in [3.8, 4) is 0 Å². The van der Waals surface area contributed by atoms with Gasteiger partial charge in [-0.15, -0.1) is 0 Å². The molecule has 3 rings (SSSR count). The van der Waals surface area contributed by atoms with E-state index in [-0.39, 0.29) is 11.2 Å². The van der Waals surface area contributed by atoms with Crippen molar-refractivity contribution in [1.82, 2.24) is 10.3 Å². The molecule has 0 radical (unpaired) electrons. The Kier molecular flexibility index (Phi) is 3.34. The number of hydrogen-bond donors (Lipinski definition) is 1. The number of rotatable bonds is 4. The highest BCUT2D eigenvalue weighted by molar-refractivity contribution is 5.94. The second kappa shape index (κ2) is 5.32. The van der Waals surface area contributed by atoms with Crippen LogP contribution in [-0.2, 0) is 0 Å². The third kappa shape index (κ3) is 2.41. The van der Waals surface area contributed by atoms with Gasteiger partial charge in [0.2, 0.25) is 5.52 Å². The topological polar surface area (TPSA) is 97.3 Å². The Bertz CT molecular complexity index is 826. The van der Waals surface area contributed by atoms with Crippen LogP contribution in [0, 0.1) is 10.1 Å². The maximum absolute atomic E-state index is 11.0. The smallest absolute Gasteiger partial charge is 0.300 e. The molecule has 0 fully saturated rings. The number of nitrogens with zero attached hydrogens (tertiary/aromatic N) is 4. The highest BCUT2D eigenvalue weighted by Gasteiger charge is 2.19. The van der Waals surface area contributed by atoms with E-state index in [1.165, 1.54) is 6.07 Å². The summed E-state index contributed by atoms with van der Waals surface area (Å²) in [5, 5.41) is 21.5. The van der Waals surface area contributed by atoms with Gasteiger partial charge < -0.3 is 10.2 Å². The number of nitrogens with one attached hydrogen (secondary N) is 1. The Morgan fingerprint density at radius 1 is 1.09 bits per heavy atom. The number of nitro groups is 1. The van der Waals surface area contributed by atoms with Gasteiger partial charge in [0.05, 0.1) is 10.6 Å². The second-order valence-corrected chi connectivity index (χ2v) is 4.92. The quantitative estimate of drug-likeness (QED) is 0.584. The molecule has 8 heteroatoms. The molecule has 0 aliphatic heterocycles. The first-order valence-corrected chi connectivity index (χ1v) is 6.50. The van der Waals surface area contributed by atoms with Crippen LogP contribution >= 0.6 is 0 Å². The average Bonchev–Trinajstić information content (AvgIpc) is 2.97. The van der Waals surface area contributed by atoms with Gasteiger partial charge in [0.15, 0.2) is 5.52 Å². The fraction of sp³-hybridized carbons (Fsp3) is 0.143. The molecule has 0 unspecified atom stereocenters. The van der Waals surface area contributed by atoms with E-state index in [2.05, 4.69) is 20.3 Å². The van der Waals surface area contributed by atoms with Crippen LogP contribution in [0.3, 0.4) is 0 Å². The summed E-state index contributed by atoms with van der Waals surface area (Å²) in [5.74, 6) is 0. The number of anilines is 3. The number of fused-ring (bicyclic) bond motifs is 1. The lowest BCUT2D eigenvalue weighted by Gasteiger charge is -2.13. The molecule has 0 saturated carbocycles. The third-order valence-corrected chi connectivity index (χ3v) is 3.25. The van der Waals surface area contributed by atoms with E-state index in [4.69, 9.17) is 0 Å². The van der Waals surface area contributed by atoms with Crippen molar-refractivity contribution in [2.24, 2.45) is 0 Å². The molecule has 0 atom stereocenters. The fourth-order valence-electron chi connectivity index (χ4n) is 2.10. The van der Waals surface area contributed by atoms with Gasteiger partial charge >= 0.3 is 5.69 Å². The minimum atomic E-state index is -0.512. The summed E-state index contributed by atoms with van der Waals surface area (Å²) in [5.41, 5.74) is 2.82. The molecule has 0 aliphatic carbocycles. The lowest BCUT2D eigenvalue weighted by atomic mass is 10.2. The molecule has 0 aliphatic rings. The van der Waals surface area contributed by atoms with Crippen molar-refractivity contribution in [1.29, 1.82) is 0 Å². The van der Waals surface area contributed by atoms with Crippen LogP contribution < -0.4 is 10.2 Å². The molecule has 1 heterocycles. The summed E-state index contributed by atoms with van der Waals surface area (Å²) in [7, 11) is 3.92. The molecule has 22 heavy (non-hydrogen) atoms. The van der Waals surface area contributed by atoms with Crippen LogP contribution in [0.15, 0.2) is 41.0 Å². The normalized spacial score (nSPS) is 10.6. The molecular formula is C14H13N5O3. The van der Waals surface area contributed by atoms with Crippen LogP contribution in [0.5, 0.6) is 0 Å². The molecule has 112 valence electrons. The molecule has 0 amide bonds. The summed E-state index contributed by atoms with van der Waals surface area (Å²) >= 11 is 0. The number of aromatic nitrogens is 2. The van der Waals surface area contributed by atoms with E-state index in [0.717, 1.165) is 11.4 Å². The summed E-state index contributed by atoms with van der Waals surface area (Å²) in [6.45, 7) is 0. The van der Waals surface area contributed by atoms with Gasteiger partial charge in [-0.3, -0.25) is 10.1 Å². The summed E-state index contributed by atoms with van der Waals surface area (Å²) in [6.07, 6.45) is 0. The minimum absolute atomic E-state index is 0.125. The molecule has 3 aromatic rings. The van der Waals surface area contributed by atoms with Crippen molar-refractivity contribution < 1.29 is 9.55 Å². The zero-order valence-electron chi connectivity index (χ0n) is 12.0. The van der Waals surface area contributed by atoms with E-state index in [0.29, 0.717) is 11.2 Å². The first kappa shape index (κ1) is 13.8. The van der Waals surface area contributed by atoms with Gasteiger partial charge in [-0.2, -0.15) is 0 Å². The van der Waals surface area contributed by atoms with Crippen molar-refractivity contribution in [3.63, 3.8) is 0 Å². The van der Waals surface area contributed by atoms with Gasteiger partial charge in [0.1, 0.15) is 0 Å². The SMILES string of the molecule is CN(C)c1ccc(Nc2ccc([N+](=O)[O-])c3nonc23)cc1. The van der Waals surface area contributed by atoms with Crippen molar-refractivity contribution in [3.05, 3.63) is 46.5 Å². The van der Waals surface area contributed by atoms with Gasteiger partial charge in [-0.05, 0) is 40.6 Å². The third-order valence-electron chi connectivity index (χ3n) is 3.25. The number of non-ortho nitro benzene ring substituents is 1. The Labute approximate surface area is 125 Å². The summed E-state index contributed by atoms with van der Waals surface area (Å²) in [4.78, 5) is 12.4. The van der Waals surface area contributed by atoms with E-state index < -0.39 is 4.92 Å². The molecule has 2 aromatic carbocycles. The predicted molar refractivity (Wildman–Crippen MR) is 82.5 cm³/mol. The van der Waals surface area contributed by atoms with E-state index in [9.17, 15) is 10.1 Å². The lowest BCUT2D eigenvalue weighted by molar-refractivity contribution is -0.383. The zero-order valence-corrected chi connectivity index (χ0v) is 12.0. The number of benzene rings is 2. The van der Waals surface area contributed by atoms with E-state index in [1.807, 2.05) is 43.3 Å². The molecule has 1 aromatic heterocycles. The highest BCUT2D eigenvalue weighted by Crippen LogP contribution is 2.30. The monoisotopic (exact) mass is 299 g/mol. The minimum Gasteiger partial charge on any atom is -0.378 e. The zero-order chi connectivity index (χ0) is 15.7. The lowest BCUT2D eigenvalue weighted by Crippen LogP contribution is -2.08. The van der Waals surface area contributed by atoms with Crippen LogP contribution in [-0.4, -0.2) is 29.3 Å². The maximum Gasteiger partial charge on any atom is 0.300 e. The Morgan fingerprint density at radius 2 is 1.77 bits per heavy atom. The number of hydrogen-bond acceptors (Lipinski definition) is 7.